The van der Waals surface area contributed by atoms with Gasteiger partial charge in [-0.25, -0.2) is 0 Å². The van der Waals surface area contributed by atoms with Gasteiger partial charge in [0.2, 0.25) is 0 Å². The van der Waals surface area contributed by atoms with Gasteiger partial charge in [0.05, 0.1) is 0 Å². The summed E-state index contributed by atoms with van der Waals surface area (Å²) in [4.78, 5) is 2.64. The van der Waals surface area contributed by atoms with E-state index in [-0.39, 0.29) is 0 Å². The lowest BCUT2D eigenvalue weighted by atomic mass is 10.0. The number of nitrogens with zero attached hydrogens (tertiary/aromatic N) is 1. The zero-order valence-electron chi connectivity index (χ0n) is 12.9. The average Bonchev–Trinajstić information content (AvgIpc) is 3.23. The van der Waals surface area contributed by atoms with Crippen LogP contribution in [0.2, 0.25) is 0 Å². The van der Waals surface area contributed by atoms with Crippen LogP contribution in [0.1, 0.15) is 44.7 Å². The smallest absolute Gasteiger partial charge is 0.0340 e. The molecule has 0 bridgehead atoms. The van der Waals surface area contributed by atoms with Crippen molar-refractivity contribution >= 4 is 15.9 Å². The Kier molecular flexibility index (Phi) is 6.06. The molecule has 1 unspecified atom stereocenters. The molecule has 1 saturated carbocycles. The van der Waals surface area contributed by atoms with Gasteiger partial charge >= 0.3 is 0 Å². The first-order valence-electron chi connectivity index (χ1n) is 7.77. The molecular weight excluding hydrogens is 312 g/mol. The van der Waals surface area contributed by atoms with E-state index in [1.165, 1.54) is 36.0 Å². The molecule has 0 spiro atoms. The van der Waals surface area contributed by atoms with Gasteiger partial charge < -0.3 is 10.2 Å². The van der Waals surface area contributed by atoms with Crippen LogP contribution >= 0.6 is 15.9 Å². The summed E-state index contributed by atoms with van der Waals surface area (Å²) >= 11 is 3.67. The van der Waals surface area contributed by atoms with Gasteiger partial charge in [0, 0.05) is 29.6 Å². The first-order valence-corrected chi connectivity index (χ1v) is 8.57. The van der Waals surface area contributed by atoms with Crippen molar-refractivity contribution in [2.24, 2.45) is 5.92 Å². The van der Waals surface area contributed by atoms with Crippen molar-refractivity contribution < 1.29 is 0 Å². The van der Waals surface area contributed by atoms with Crippen molar-refractivity contribution in [2.75, 3.05) is 20.1 Å². The number of hydrogen-bond acceptors (Lipinski definition) is 2. The Morgan fingerprint density at radius 3 is 2.55 bits per heavy atom. The predicted octanol–water partition coefficient (Wildman–Crippen LogP) is 4.22. The molecule has 1 aromatic rings. The normalized spacial score (nSPS) is 16.9. The summed E-state index contributed by atoms with van der Waals surface area (Å²) in [5.74, 6) is 0.967. The van der Waals surface area contributed by atoms with Crippen LogP contribution in [-0.2, 0) is 0 Å². The summed E-state index contributed by atoms with van der Waals surface area (Å²) in [6.45, 7) is 7.08. The van der Waals surface area contributed by atoms with Gasteiger partial charge in [0.25, 0.3) is 0 Å². The van der Waals surface area contributed by atoms with E-state index in [4.69, 9.17) is 0 Å². The fourth-order valence-electron chi connectivity index (χ4n) is 2.70. The van der Waals surface area contributed by atoms with Gasteiger partial charge in [0.1, 0.15) is 0 Å². The van der Waals surface area contributed by atoms with Crippen LogP contribution in [0, 0.1) is 5.92 Å². The van der Waals surface area contributed by atoms with Crippen LogP contribution in [0.15, 0.2) is 28.7 Å². The second kappa shape index (κ2) is 7.58. The van der Waals surface area contributed by atoms with Crippen molar-refractivity contribution in [1.29, 1.82) is 0 Å². The lowest BCUT2D eigenvalue weighted by molar-refractivity contribution is 0.202. The Balaban J connectivity index is 1.93. The summed E-state index contributed by atoms with van der Waals surface area (Å²) in [6, 6.07) is 9.61. The maximum Gasteiger partial charge on any atom is 0.0340 e. The Bertz CT molecular complexity index is 415. The minimum Gasteiger partial charge on any atom is -0.313 e. The van der Waals surface area contributed by atoms with E-state index in [9.17, 15) is 0 Å². The minimum atomic E-state index is 0.422. The van der Waals surface area contributed by atoms with Gasteiger partial charge in [0.15, 0.2) is 0 Å². The number of benzene rings is 1. The Hall–Kier alpha value is -0.380. The molecule has 0 radical (unpaired) electrons. The number of nitrogens with one attached hydrogen (secondary N) is 1. The monoisotopic (exact) mass is 338 g/mol. The first-order chi connectivity index (χ1) is 9.61. The number of rotatable bonds is 8. The van der Waals surface area contributed by atoms with Crippen LogP contribution in [0.4, 0.5) is 0 Å². The topological polar surface area (TPSA) is 15.3 Å². The van der Waals surface area contributed by atoms with Crippen molar-refractivity contribution in [2.45, 2.75) is 45.2 Å². The molecule has 1 aliphatic carbocycles. The van der Waals surface area contributed by atoms with E-state index < -0.39 is 0 Å². The third kappa shape index (κ3) is 4.57. The van der Waals surface area contributed by atoms with Gasteiger partial charge in [-0.15, -0.1) is 0 Å². The molecule has 0 aromatic heterocycles. The van der Waals surface area contributed by atoms with Crippen molar-refractivity contribution in [3.63, 3.8) is 0 Å². The highest BCUT2D eigenvalue weighted by Crippen LogP contribution is 2.31. The van der Waals surface area contributed by atoms with E-state index in [1.54, 1.807) is 0 Å². The highest BCUT2D eigenvalue weighted by molar-refractivity contribution is 9.10. The van der Waals surface area contributed by atoms with Crippen molar-refractivity contribution in [3.8, 4) is 0 Å². The Labute approximate surface area is 132 Å². The lowest BCUT2D eigenvalue weighted by Crippen LogP contribution is -2.35. The Morgan fingerprint density at radius 2 is 2.00 bits per heavy atom. The SMILES string of the molecule is CNC(CCN(CC1CC1)C(C)C)c1ccccc1Br. The van der Waals surface area contributed by atoms with Gasteiger partial charge in [-0.3, -0.25) is 0 Å². The summed E-state index contributed by atoms with van der Waals surface area (Å²) in [5.41, 5.74) is 1.37. The van der Waals surface area contributed by atoms with Crippen LogP contribution in [0.3, 0.4) is 0 Å². The molecule has 0 amide bonds. The third-order valence-electron chi connectivity index (χ3n) is 4.25. The van der Waals surface area contributed by atoms with E-state index >= 15 is 0 Å². The zero-order valence-corrected chi connectivity index (χ0v) is 14.5. The molecule has 20 heavy (non-hydrogen) atoms. The van der Waals surface area contributed by atoms with Crippen LogP contribution < -0.4 is 5.32 Å². The first kappa shape index (κ1) is 16.0. The molecule has 2 nitrogen and oxygen atoms in total. The van der Waals surface area contributed by atoms with Crippen LogP contribution in [0.5, 0.6) is 0 Å². The van der Waals surface area contributed by atoms with Gasteiger partial charge in [-0.05, 0) is 57.7 Å². The van der Waals surface area contributed by atoms with Gasteiger partial charge in [-0.1, -0.05) is 34.1 Å². The third-order valence-corrected chi connectivity index (χ3v) is 4.98. The largest absolute Gasteiger partial charge is 0.313 e. The number of halogens is 1. The molecule has 3 heteroatoms. The minimum absolute atomic E-state index is 0.422. The number of hydrogen-bond donors (Lipinski definition) is 1. The fourth-order valence-corrected chi connectivity index (χ4v) is 3.26. The van der Waals surface area contributed by atoms with Crippen molar-refractivity contribution in [1.82, 2.24) is 10.2 Å². The van der Waals surface area contributed by atoms with E-state index in [0.29, 0.717) is 12.1 Å². The van der Waals surface area contributed by atoms with E-state index in [2.05, 4.69) is 71.3 Å². The molecule has 0 heterocycles. The quantitative estimate of drug-likeness (QED) is 0.763. The molecule has 1 atom stereocenters. The second-order valence-corrected chi connectivity index (χ2v) is 7.04. The molecule has 2 rings (SSSR count). The average molecular weight is 339 g/mol. The van der Waals surface area contributed by atoms with E-state index in [0.717, 1.165) is 12.3 Å². The maximum absolute atomic E-state index is 3.67. The van der Waals surface area contributed by atoms with E-state index in [1.807, 2.05) is 0 Å². The summed E-state index contributed by atoms with van der Waals surface area (Å²) in [5, 5.41) is 3.47. The predicted molar refractivity (Wildman–Crippen MR) is 90.0 cm³/mol. The molecule has 1 N–H and O–H groups in total. The van der Waals surface area contributed by atoms with Crippen molar-refractivity contribution in [3.05, 3.63) is 34.3 Å². The molecular formula is C17H27BrN2. The molecule has 0 saturated heterocycles. The molecule has 0 aliphatic heterocycles. The highest BCUT2D eigenvalue weighted by Gasteiger charge is 2.25. The fraction of sp³-hybridized carbons (Fsp3) is 0.647. The molecule has 112 valence electrons. The molecule has 1 aromatic carbocycles. The van der Waals surface area contributed by atoms with Gasteiger partial charge in [-0.2, -0.15) is 0 Å². The van der Waals surface area contributed by atoms with Crippen LogP contribution in [0.25, 0.3) is 0 Å². The zero-order chi connectivity index (χ0) is 14.5. The summed E-state index contributed by atoms with van der Waals surface area (Å²) in [7, 11) is 2.06. The standard InChI is InChI=1S/C17H27BrN2/c1-13(2)20(12-14-8-9-14)11-10-17(19-3)15-6-4-5-7-16(15)18/h4-7,13-14,17,19H,8-12H2,1-3H3. The summed E-state index contributed by atoms with van der Waals surface area (Å²) < 4.78 is 1.21. The van der Waals surface area contributed by atoms with Crippen LogP contribution in [-0.4, -0.2) is 31.1 Å². The molecule has 1 aliphatic rings. The lowest BCUT2D eigenvalue weighted by Gasteiger charge is -2.29. The second-order valence-electron chi connectivity index (χ2n) is 6.18. The Morgan fingerprint density at radius 1 is 1.30 bits per heavy atom. The highest BCUT2D eigenvalue weighted by atomic mass is 79.9. The summed E-state index contributed by atoms with van der Waals surface area (Å²) in [6.07, 6.45) is 4.02. The maximum atomic E-state index is 3.67. The molecule has 1 fully saturated rings.